The maximum Gasteiger partial charge on any atom is 0.240 e. The van der Waals surface area contributed by atoms with Gasteiger partial charge in [-0.15, -0.1) is 0 Å². The molecule has 1 fully saturated rings. The molecule has 5 nitrogen and oxygen atoms in total. The van der Waals surface area contributed by atoms with E-state index in [-0.39, 0.29) is 17.5 Å². The molecule has 1 aliphatic heterocycles. The quantitative estimate of drug-likeness (QED) is 0.918. The fourth-order valence-corrected chi connectivity index (χ4v) is 3.19. The lowest BCUT2D eigenvalue weighted by atomic mass is 9.96. The van der Waals surface area contributed by atoms with Gasteiger partial charge in [0.1, 0.15) is 0 Å². The van der Waals surface area contributed by atoms with Gasteiger partial charge in [0.2, 0.25) is 5.89 Å². The number of hydrogen-bond donors (Lipinski definition) is 1. The summed E-state index contributed by atoms with van der Waals surface area (Å²) >= 11 is 0. The van der Waals surface area contributed by atoms with Crippen LogP contribution in [0.1, 0.15) is 50.5 Å². The van der Waals surface area contributed by atoms with Gasteiger partial charge in [-0.05, 0) is 31.2 Å². The second-order valence-corrected chi connectivity index (χ2v) is 7.64. The molecule has 0 bridgehead atoms. The van der Waals surface area contributed by atoms with Gasteiger partial charge in [-0.25, -0.2) is 8.78 Å². The number of likely N-dealkylation sites (N-methyl/N-ethyl adjacent to an activating group) is 1. The first kappa shape index (κ1) is 17.9. The van der Waals surface area contributed by atoms with Crippen molar-refractivity contribution in [2.75, 3.05) is 13.6 Å². The maximum absolute atomic E-state index is 13.6. The Hall–Kier alpha value is -1.86. The van der Waals surface area contributed by atoms with Crippen LogP contribution in [0, 0.1) is 11.6 Å². The molecule has 0 aliphatic carbocycles. The summed E-state index contributed by atoms with van der Waals surface area (Å²) in [5.41, 5.74) is 0.598. The maximum atomic E-state index is 13.6. The summed E-state index contributed by atoms with van der Waals surface area (Å²) in [6.07, 6.45) is 0.903. The predicted molar refractivity (Wildman–Crippen MR) is 90.0 cm³/mol. The highest BCUT2D eigenvalue weighted by molar-refractivity contribution is 5.24. The number of rotatable bonds is 4. The number of halogens is 2. The van der Waals surface area contributed by atoms with Crippen molar-refractivity contribution in [1.82, 2.24) is 20.4 Å². The van der Waals surface area contributed by atoms with Gasteiger partial charge in [-0.3, -0.25) is 4.90 Å². The van der Waals surface area contributed by atoms with E-state index in [0.717, 1.165) is 18.5 Å². The van der Waals surface area contributed by atoms with E-state index in [1.165, 1.54) is 12.1 Å². The van der Waals surface area contributed by atoms with Crippen LogP contribution in [0.15, 0.2) is 22.7 Å². The highest BCUT2D eigenvalue weighted by Crippen LogP contribution is 2.32. The van der Waals surface area contributed by atoms with Gasteiger partial charge in [0, 0.05) is 24.0 Å². The summed E-state index contributed by atoms with van der Waals surface area (Å²) < 4.78 is 32.1. The summed E-state index contributed by atoms with van der Waals surface area (Å²) in [7, 11) is 1.98. The van der Waals surface area contributed by atoms with Gasteiger partial charge in [0.05, 0.1) is 6.54 Å². The Morgan fingerprint density at radius 2 is 2.04 bits per heavy atom. The van der Waals surface area contributed by atoms with Crippen LogP contribution in [0.25, 0.3) is 0 Å². The Labute approximate surface area is 146 Å². The first-order chi connectivity index (χ1) is 11.8. The summed E-state index contributed by atoms with van der Waals surface area (Å²) in [5.74, 6) is -0.439. The molecule has 136 valence electrons. The van der Waals surface area contributed by atoms with E-state index in [4.69, 9.17) is 4.52 Å². The molecule has 1 N–H and O–H groups in total. The zero-order valence-electron chi connectivity index (χ0n) is 15.0. The summed E-state index contributed by atoms with van der Waals surface area (Å²) in [4.78, 5) is 6.56. The average molecular weight is 350 g/mol. The monoisotopic (exact) mass is 350 g/mol. The molecule has 3 rings (SSSR count). The smallest absolute Gasteiger partial charge is 0.240 e. The van der Waals surface area contributed by atoms with E-state index in [1.807, 2.05) is 27.8 Å². The Bertz CT molecular complexity index is 741. The third kappa shape index (κ3) is 3.88. The lowest BCUT2D eigenvalue weighted by molar-refractivity contribution is 0.277. The standard InChI is InChI=1S/C18H24F2N4O/c1-18(2,3)17-22-15(25-23-17)10-21-14-7-8-24(4)16(14)11-5-6-12(19)13(20)9-11/h5-6,9,14,16,21H,7-8,10H2,1-4H3/t14-,16-/m0/s1. The minimum atomic E-state index is -0.825. The molecule has 0 spiro atoms. The molecule has 0 unspecified atom stereocenters. The van der Waals surface area contributed by atoms with Crippen molar-refractivity contribution in [3.63, 3.8) is 0 Å². The van der Waals surface area contributed by atoms with Crippen molar-refractivity contribution < 1.29 is 13.3 Å². The molecular formula is C18H24F2N4O. The third-order valence-corrected chi connectivity index (χ3v) is 4.59. The molecule has 1 saturated heterocycles. The molecule has 25 heavy (non-hydrogen) atoms. The van der Waals surface area contributed by atoms with Crippen molar-refractivity contribution in [3.8, 4) is 0 Å². The van der Waals surface area contributed by atoms with Crippen LogP contribution in [0.4, 0.5) is 8.78 Å². The highest BCUT2D eigenvalue weighted by atomic mass is 19.2. The minimum absolute atomic E-state index is 0.0277. The van der Waals surface area contributed by atoms with Gasteiger partial charge in [-0.1, -0.05) is 32.0 Å². The Balaban J connectivity index is 1.70. The van der Waals surface area contributed by atoms with Crippen LogP contribution >= 0.6 is 0 Å². The van der Waals surface area contributed by atoms with Crippen molar-refractivity contribution in [2.45, 2.75) is 51.2 Å². The van der Waals surface area contributed by atoms with Gasteiger partial charge in [0.25, 0.3) is 0 Å². The molecule has 1 aromatic heterocycles. The van der Waals surface area contributed by atoms with Gasteiger partial charge in [0.15, 0.2) is 17.5 Å². The molecule has 0 radical (unpaired) electrons. The van der Waals surface area contributed by atoms with E-state index >= 15 is 0 Å². The van der Waals surface area contributed by atoms with E-state index in [9.17, 15) is 8.78 Å². The second kappa shape index (κ2) is 6.80. The first-order valence-corrected chi connectivity index (χ1v) is 8.47. The van der Waals surface area contributed by atoms with Crippen LogP contribution < -0.4 is 5.32 Å². The molecule has 2 aromatic rings. The van der Waals surface area contributed by atoms with Crippen molar-refractivity contribution in [2.24, 2.45) is 0 Å². The fraction of sp³-hybridized carbons (Fsp3) is 0.556. The van der Waals surface area contributed by atoms with E-state index in [1.54, 1.807) is 6.07 Å². The highest BCUT2D eigenvalue weighted by Gasteiger charge is 2.33. The lowest BCUT2D eigenvalue weighted by Crippen LogP contribution is -2.34. The largest absolute Gasteiger partial charge is 0.338 e. The SMILES string of the molecule is CN1CC[C@H](NCc2nc(C(C)(C)C)no2)[C@@H]1c1ccc(F)c(F)c1. The normalized spacial score (nSPS) is 21.8. The zero-order chi connectivity index (χ0) is 18.2. The van der Waals surface area contributed by atoms with Crippen LogP contribution in [0.3, 0.4) is 0 Å². The molecule has 0 amide bonds. The Kier molecular flexibility index (Phi) is 4.88. The van der Waals surface area contributed by atoms with Crippen LogP contribution in [0.2, 0.25) is 0 Å². The van der Waals surface area contributed by atoms with Crippen LogP contribution in [0.5, 0.6) is 0 Å². The number of benzene rings is 1. The fourth-order valence-electron chi connectivity index (χ4n) is 3.19. The van der Waals surface area contributed by atoms with Gasteiger partial charge in [-0.2, -0.15) is 4.98 Å². The summed E-state index contributed by atoms with van der Waals surface area (Å²) in [6, 6.07) is 4.17. The van der Waals surface area contributed by atoms with Crippen molar-refractivity contribution in [1.29, 1.82) is 0 Å². The molecule has 2 heterocycles. The zero-order valence-corrected chi connectivity index (χ0v) is 15.0. The first-order valence-electron chi connectivity index (χ1n) is 8.47. The van der Waals surface area contributed by atoms with Crippen molar-refractivity contribution in [3.05, 3.63) is 47.1 Å². The second-order valence-electron chi connectivity index (χ2n) is 7.64. The number of nitrogens with one attached hydrogen (secondary N) is 1. The minimum Gasteiger partial charge on any atom is -0.338 e. The van der Waals surface area contributed by atoms with Gasteiger partial charge >= 0.3 is 0 Å². The predicted octanol–water partition coefficient (Wildman–Crippen LogP) is 3.18. The average Bonchev–Trinajstić information content (AvgIpc) is 3.14. The number of aromatic nitrogens is 2. The van der Waals surface area contributed by atoms with Crippen molar-refractivity contribution >= 4 is 0 Å². The lowest BCUT2D eigenvalue weighted by Gasteiger charge is -2.26. The van der Waals surface area contributed by atoms with Crippen LogP contribution in [-0.4, -0.2) is 34.7 Å². The van der Waals surface area contributed by atoms with Gasteiger partial charge < -0.3 is 9.84 Å². The summed E-state index contributed by atoms with van der Waals surface area (Å²) in [5, 5.41) is 7.44. The number of hydrogen-bond acceptors (Lipinski definition) is 5. The van der Waals surface area contributed by atoms with E-state index in [2.05, 4.69) is 20.4 Å². The molecule has 0 saturated carbocycles. The topological polar surface area (TPSA) is 54.2 Å². The number of nitrogens with zero attached hydrogens (tertiary/aromatic N) is 3. The Morgan fingerprint density at radius 3 is 2.68 bits per heavy atom. The molecular weight excluding hydrogens is 326 g/mol. The van der Waals surface area contributed by atoms with Crippen LogP contribution in [-0.2, 0) is 12.0 Å². The molecule has 7 heteroatoms. The Morgan fingerprint density at radius 1 is 1.28 bits per heavy atom. The summed E-state index contributed by atoms with van der Waals surface area (Å²) in [6.45, 7) is 7.40. The molecule has 1 aromatic carbocycles. The van der Waals surface area contributed by atoms with E-state index in [0.29, 0.717) is 18.3 Å². The molecule has 1 aliphatic rings. The third-order valence-electron chi connectivity index (χ3n) is 4.59. The molecule has 2 atom stereocenters. The number of likely N-dealkylation sites (tertiary alicyclic amines) is 1. The van der Waals surface area contributed by atoms with E-state index < -0.39 is 11.6 Å².